The first-order valence-corrected chi connectivity index (χ1v) is 7.21. The Labute approximate surface area is 133 Å². The van der Waals surface area contributed by atoms with Gasteiger partial charge in [-0.05, 0) is 20.8 Å². The van der Waals surface area contributed by atoms with Crippen LogP contribution in [-0.2, 0) is 6.54 Å². The Morgan fingerprint density at radius 3 is 2.15 bits per heavy atom. The summed E-state index contributed by atoms with van der Waals surface area (Å²) < 4.78 is 3.39. The molecule has 20 heavy (non-hydrogen) atoms. The molecule has 0 bridgehead atoms. The maximum atomic E-state index is 8.46. The summed E-state index contributed by atoms with van der Waals surface area (Å²) in [4.78, 5) is 0. The van der Waals surface area contributed by atoms with Gasteiger partial charge in [-0.2, -0.15) is 0 Å². The van der Waals surface area contributed by atoms with E-state index in [2.05, 4.69) is 30.5 Å². The standard InChI is InChI=1S/C15H26N3O.BrH/c1-4-18(5-2,6-3)13-7-10-17-11-8-15(9-12-17)14-16-19;/h8-9,11-12,14H,4-7,10,13H2,1-3H3;1H/q+1;. The molecule has 1 heterocycles. The first kappa shape index (κ1) is 19.1. The highest BCUT2D eigenvalue weighted by Gasteiger charge is 2.20. The number of nitrogens with zero attached hydrogens (tertiary/aromatic N) is 3. The van der Waals surface area contributed by atoms with Crippen LogP contribution >= 0.6 is 0 Å². The third-order valence-electron chi connectivity index (χ3n) is 4.18. The van der Waals surface area contributed by atoms with Crippen LogP contribution in [0, 0.1) is 0 Å². The molecule has 0 aliphatic carbocycles. The van der Waals surface area contributed by atoms with Gasteiger partial charge in [0.25, 0.3) is 0 Å². The Bertz CT molecular complexity index is 380. The van der Waals surface area contributed by atoms with Crippen LogP contribution in [0.15, 0.2) is 29.7 Å². The molecule has 1 aromatic heterocycles. The number of hydrogen-bond acceptors (Lipinski definition) is 2. The van der Waals surface area contributed by atoms with Gasteiger partial charge in [0.05, 0.1) is 38.8 Å². The van der Waals surface area contributed by atoms with Crippen LogP contribution < -0.4 is 21.5 Å². The van der Waals surface area contributed by atoms with Gasteiger partial charge in [-0.3, -0.25) is 0 Å². The van der Waals surface area contributed by atoms with E-state index in [0.29, 0.717) is 0 Å². The van der Waals surface area contributed by atoms with E-state index in [0.717, 1.165) is 12.1 Å². The summed E-state index contributed by atoms with van der Waals surface area (Å²) in [6.45, 7) is 12.7. The van der Waals surface area contributed by atoms with Gasteiger partial charge in [0.2, 0.25) is 0 Å². The molecular weight excluding hydrogens is 318 g/mol. The van der Waals surface area contributed by atoms with Crippen molar-refractivity contribution in [3.8, 4) is 0 Å². The van der Waals surface area contributed by atoms with E-state index in [1.165, 1.54) is 43.3 Å². The minimum Gasteiger partial charge on any atom is -1.00 e. The number of oxime groups is 1. The zero-order valence-corrected chi connectivity index (χ0v) is 14.4. The average Bonchev–Trinajstić information content (AvgIpc) is 2.46. The fraction of sp³-hybridized carbons (Fsp3) is 0.600. The summed E-state index contributed by atoms with van der Waals surface area (Å²) >= 11 is 0. The summed E-state index contributed by atoms with van der Waals surface area (Å²) in [5, 5.41) is 11.5. The normalized spacial score (nSPS) is 11.6. The molecule has 1 aromatic rings. The number of quaternary nitrogens is 1. The Morgan fingerprint density at radius 1 is 1.15 bits per heavy atom. The van der Waals surface area contributed by atoms with Crippen molar-refractivity contribution < 1.29 is 31.2 Å². The fourth-order valence-electron chi connectivity index (χ4n) is 2.50. The third-order valence-corrected chi connectivity index (χ3v) is 4.18. The van der Waals surface area contributed by atoms with Crippen molar-refractivity contribution >= 4 is 6.21 Å². The molecule has 0 atom stereocenters. The molecule has 0 amide bonds. The Kier molecular flexibility index (Phi) is 9.42. The number of aryl methyl sites for hydroxylation is 1. The smallest absolute Gasteiger partial charge is 0.169 e. The molecule has 114 valence electrons. The van der Waals surface area contributed by atoms with Crippen molar-refractivity contribution in [2.45, 2.75) is 33.7 Å². The molecule has 1 N–H and O–H groups in total. The Hall–Kier alpha value is -0.940. The van der Waals surface area contributed by atoms with Gasteiger partial charge in [-0.1, -0.05) is 5.16 Å². The highest BCUT2D eigenvalue weighted by Crippen LogP contribution is 2.07. The average molecular weight is 345 g/mol. The lowest BCUT2D eigenvalue weighted by molar-refractivity contribution is -0.925. The van der Waals surface area contributed by atoms with E-state index >= 15 is 0 Å². The largest absolute Gasteiger partial charge is 1.00 e. The SMILES string of the molecule is CC[N+](CC)(CC)CCC[n+]1ccc(/C=N/O)cc1.[Br-]. The van der Waals surface area contributed by atoms with Crippen molar-refractivity contribution in [3.63, 3.8) is 0 Å². The number of pyridine rings is 1. The molecule has 5 heteroatoms. The van der Waals surface area contributed by atoms with Gasteiger partial charge in [0.1, 0.15) is 0 Å². The molecular formula is C15H27BrN3O+. The predicted octanol–water partition coefficient (Wildman–Crippen LogP) is -0.947. The molecule has 0 fully saturated rings. The summed E-state index contributed by atoms with van der Waals surface area (Å²) in [7, 11) is 0. The fourth-order valence-corrected chi connectivity index (χ4v) is 2.50. The van der Waals surface area contributed by atoms with E-state index in [1.54, 1.807) is 0 Å². The van der Waals surface area contributed by atoms with Gasteiger partial charge >= 0.3 is 0 Å². The van der Waals surface area contributed by atoms with Crippen molar-refractivity contribution in [3.05, 3.63) is 30.1 Å². The maximum Gasteiger partial charge on any atom is 0.169 e. The summed E-state index contributed by atoms with van der Waals surface area (Å²) in [5.74, 6) is 0. The zero-order valence-electron chi connectivity index (χ0n) is 12.8. The zero-order chi connectivity index (χ0) is 14.1. The van der Waals surface area contributed by atoms with Crippen LogP contribution in [0.3, 0.4) is 0 Å². The Balaban J connectivity index is 0.00000361. The monoisotopic (exact) mass is 344 g/mol. The topological polar surface area (TPSA) is 36.5 Å². The first-order valence-electron chi connectivity index (χ1n) is 7.21. The third kappa shape index (κ3) is 5.59. The van der Waals surface area contributed by atoms with Crippen molar-refractivity contribution in [1.82, 2.24) is 0 Å². The van der Waals surface area contributed by atoms with Crippen LogP contribution in [0.1, 0.15) is 32.8 Å². The van der Waals surface area contributed by atoms with E-state index in [1.807, 2.05) is 24.5 Å². The second kappa shape index (κ2) is 9.88. The van der Waals surface area contributed by atoms with Crippen LogP contribution in [0.25, 0.3) is 0 Å². The Morgan fingerprint density at radius 2 is 1.70 bits per heavy atom. The second-order valence-corrected chi connectivity index (χ2v) is 4.98. The van der Waals surface area contributed by atoms with Crippen molar-refractivity contribution in [1.29, 1.82) is 0 Å². The molecule has 0 saturated heterocycles. The van der Waals surface area contributed by atoms with Crippen molar-refractivity contribution in [2.24, 2.45) is 5.16 Å². The maximum absolute atomic E-state index is 8.46. The first-order chi connectivity index (χ1) is 9.19. The van der Waals surface area contributed by atoms with Crippen molar-refractivity contribution in [2.75, 3.05) is 26.2 Å². The van der Waals surface area contributed by atoms with E-state index in [9.17, 15) is 0 Å². The van der Waals surface area contributed by atoms with E-state index < -0.39 is 0 Å². The number of rotatable bonds is 8. The highest BCUT2D eigenvalue weighted by atomic mass is 79.9. The molecule has 0 aliphatic rings. The number of aromatic nitrogens is 1. The second-order valence-electron chi connectivity index (χ2n) is 4.98. The van der Waals surface area contributed by atoms with Crippen LogP contribution in [0.5, 0.6) is 0 Å². The molecule has 4 nitrogen and oxygen atoms in total. The molecule has 0 unspecified atom stereocenters. The molecule has 0 saturated carbocycles. The van der Waals surface area contributed by atoms with Gasteiger partial charge in [-0.25, -0.2) is 4.57 Å². The summed E-state index contributed by atoms with van der Waals surface area (Å²) in [6.07, 6.45) is 6.70. The summed E-state index contributed by atoms with van der Waals surface area (Å²) in [5.41, 5.74) is 0.916. The number of halogens is 1. The highest BCUT2D eigenvalue weighted by molar-refractivity contribution is 5.78. The lowest BCUT2D eigenvalue weighted by atomic mass is 10.2. The number of hydrogen-bond donors (Lipinski definition) is 1. The van der Waals surface area contributed by atoms with Gasteiger partial charge in [0, 0.05) is 17.7 Å². The minimum atomic E-state index is 0. The lowest BCUT2D eigenvalue weighted by Gasteiger charge is -2.35. The molecule has 0 spiro atoms. The minimum absolute atomic E-state index is 0. The van der Waals surface area contributed by atoms with Crippen LogP contribution in [0.2, 0.25) is 0 Å². The van der Waals surface area contributed by atoms with Gasteiger partial charge < -0.3 is 26.7 Å². The van der Waals surface area contributed by atoms with Crippen LogP contribution in [-0.4, -0.2) is 42.1 Å². The van der Waals surface area contributed by atoms with Crippen LogP contribution in [0.4, 0.5) is 0 Å². The quantitative estimate of drug-likeness (QED) is 0.213. The molecule has 1 rings (SSSR count). The van der Waals surface area contributed by atoms with Gasteiger partial charge in [-0.15, -0.1) is 0 Å². The lowest BCUT2D eigenvalue weighted by Crippen LogP contribution is -3.00. The molecule has 0 aromatic carbocycles. The van der Waals surface area contributed by atoms with E-state index in [-0.39, 0.29) is 17.0 Å². The van der Waals surface area contributed by atoms with Gasteiger partial charge in [0.15, 0.2) is 18.9 Å². The summed E-state index contributed by atoms with van der Waals surface area (Å²) in [6, 6.07) is 3.92. The molecule has 0 radical (unpaired) electrons. The van der Waals surface area contributed by atoms with E-state index in [4.69, 9.17) is 5.21 Å². The predicted molar refractivity (Wildman–Crippen MR) is 77.4 cm³/mol. The molecule has 0 aliphatic heterocycles.